The van der Waals surface area contributed by atoms with Gasteiger partial charge in [-0.1, -0.05) is 35.3 Å². The average Bonchev–Trinajstić information content (AvgIpc) is 2.22. The lowest BCUT2D eigenvalue weighted by Crippen LogP contribution is -2.33. The van der Waals surface area contributed by atoms with Gasteiger partial charge in [0.1, 0.15) is 0 Å². The highest BCUT2D eigenvalue weighted by Gasteiger charge is 2.38. The zero-order valence-corrected chi connectivity index (χ0v) is 9.57. The zero-order valence-electron chi connectivity index (χ0n) is 8.05. The first-order valence-electron chi connectivity index (χ1n) is 4.16. The van der Waals surface area contributed by atoms with Crippen LogP contribution in [0.3, 0.4) is 0 Å². The molecule has 8 heteroatoms. The van der Waals surface area contributed by atoms with Crippen molar-refractivity contribution in [1.82, 2.24) is 5.43 Å². The van der Waals surface area contributed by atoms with E-state index in [0.29, 0.717) is 5.56 Å². The summed E-state index contributed by atoms with van der Waals surface area (Å²) < 4.78 is 35.4. The van der Waals surface area contributed by atoms with Gasteiger partial charge in [-0.3, -0.25) is 4.79 Å². The number of hydrogen-bond donors (Lipinski definition) is 1. The van der Waals surface area contributed by atoms with E-state index in [1.165, 1.54) is 17.6 Å². The van der Waals surface area contributed by atoms with Gasteiger partial charge in [0.25, 0.3) is 0 Å². The van der Waals surface area contributed by atoms with E-state index in [1.54, 1.807) is 6.07 Å². The molecule has 0 saturated heterocycles. The summed E-state index contributed by atoms with van der Waals surface area (Å²) in [5, 5.41) is 3.49. The Morgan fingerprint density at radius 1 is 1.35 bits per heavy atom. The van der Waals surface area contributed by atoms with Crippen molar-refractivity contribution in [2.45, 2.75) is 6.18 Å². The topological polar surface area (TPSA) is 41.5 Å². The standard InChI is InChI=1S/C9H5Cl2F3N2O/c10-6-3-1-2-5(7(6)11)4-15-16-8(17)9(12,13)14/h1-4H,(H,16,17)/b15-4-. The lowest BCUT2D eigenvalue weighted by Gasteiger charge is -2.03. The molecule has 1 rings (SSSR count). The fourth-order valence-corrected chi connectivity index (χ4v) is 1.20. The first-order valence-corrected chi connectivity index (χ1v) is 4.92. The quantitative estimate of drug-likeness (QED) is 0.658. The monoisotopic (exact) mass is 284 g/mol. The molecule has 0 aliphatic heterocycles. The fraction of sp³-hybridized carbons (Fsp3) is 0.111. The Morgan fingerprint density at radius 2 is 2.00 bits per heavy atom. The van der Waals surface area contributed by atoms with Crippen molar-refractivity contribution in [1.29, 1.82) is 0 Å². The fourth-order valence-electron chi connectivity index (χ4n) is 0.844. The lowest BCUT2D eigenvalue weighted by molar-refractivity contribution is -0.173. The Morgan fingerprint density at radius 3 is 2.59 bits per heavy atom. The average molecular weight is 285 g/mol. The summed E-state index contributed by atoms with van der Waals surface area (Å²) in [7, 11) is 0. The Balaban J connectivity index is 2.73. The van der Waals surface area contributed by atoms with Gasteiger partial charge >= 0.3 is 12.1 Å². The minimum Gasteiger partial charge on any atom is -0.263 e. The highest BCUT2D eigenvalue weighted by Crippen LogP contribution is 2.24. The maximum absolute atomic E-state index is 11.8. The van der Waals surface area contributed by atoms with E-state index in [-0.39, 0.29) is 10.0 Å². The molecule has 0 radical (unpaired) electrons. The van der Waals surface area contributed by atoms with E-state index >= 15 is 0 Å². The van der Waals surface area contributed by atoms with Gasteiger partial charge in [-0.2, -0.15) is 18.3 Å². The van der Waals surface area contributed by atoms with E-state index in [4.69, 9.17) is 23.2 Å². The molecule has 1 amide bonds. The maximum atomic E-state index is 11.8. The van der Waals surface area contributed by atoms with Gasteiger partial charge in [-0.15, -0.1) is 0 Å². The van der Waals surface area contributed by atoms with Crippen molar-refractivity contribution < 1.29 is 18.0 Å². The van der Waals surface area contributed by atoms with Crippen LogP contribution in [0.5, 0.6) is 0 Å². The summed E-state index contributed by atoms with van der Waals surface area (Å²) in [6.45, 7) is 0. The number of rotatable bonds is 2. The number of hydrazone groups is 1. The van der Waals surface area contributed by atoms with Crippen molar-refractivity contribution in [2.75, 3.05) is 0 Å². The van der Waals surface area contributed by atoms with E-state index < -0.39 is 12.1 Å². The minimum absolute atomic E-state index is 0.138. The third-order valence-corrected chi connectivity index (χ3v) is 2.44. The van der Waals surface area contributed by atoms with Gasteiger partial charge in [-0.25, -0.2) is 5.43 Å². The van der Waals surface area contributed by atoms with Crippen LogP contribution in [-0.4, -0.2) is 18.3 Å². The number of hydrogen-bond acceptors (Lipinski definition) is 2. The molecule has 0 bridgehead atoms. The van der Waals surface area contributed by atoms with E-state index in [1.807, 2.05) is 0 Å². The highest BCUT2D eigenvalue weighted by atomic mass is 35.5. The summed E-state index contributed by atoms with van der Waals surface area (Å²) >= 11 is 11.4. The van der Waals surface area contributed by atoms with Crippen molar-refractivity contribution >= 4 is 35.3 Å². The molecular weight excluding hydrogens is 280 g/mol. The predicted octanol–water partition coefficient (Wildman–Crippen LogP) is 3.01. The third-order valence-electron chi connectivity index (χ3n) is 1.61. The molecule has 0 aliphatic rings. The van der Waals surface area contributed by atoms with Gasteiger partial charge in [0.2, 0.25) is 0 Å². The summed E-state index contributed by atoms with van der Waals surface area (Å²) in [6, 6.07) is 4.54. The van der Waals surface area contributed by atoms with E-state index in [0.717, 1.165) is 6.21 Å². The Labute approximate surface area is 104 Å². The van der Waals surface area contributed by atoms with Gasteiger partial charge in [0.15, 0.2) is 0 Å². The molecule has 0 aromatic heterocycles. The van der Waals surface area contributed by atoms with Crippen LogP contribution in [-0.2, 0) is 4.79 Å². The molecule has 92 valence electrons. The molecule has 0 spiro atoms. The third kappa shape index (κ3) is 3.90. The van der Waals surface area contributed by atoms with Gasteiger partial charge < -0.3 is 0 Å². The van der Waals surface area contributed by atoms with Crippen LogP contribution in [0.15, 0.2) is 23.3 Å². The number of amides is 1. The van der Waals surface area contributed by atoms with Gasteiger partial charge in [-0.05, 0) is 6.07 Å². The Hall–Kier alpha value is -1.27. The maximum Gasteiger partial charge on any atom is 0.473 e. The van der Waals surface area contributed by atoms with Crippen LogP contribution in [0.1, 0.15) is 5.56 Å². The molecule has 0 heterocycles. The molecule has 0 unspecified atom stereocenters. The Bertz CT molecular complexity index is 460. The number of benzene rings is 1. The first kappa shape index (κ1) is 13.8. The van der Waals surface area contributed by atoms with Crippen LogP contribution < -0.4 is 5.43 Å². The number of carbonyl (C=O) groups is 1. The van der Waals surface area contributed by atoms with Crippen LogP contribution in [0.4, 0.5) is 13.2 Å². The number of carbonyl (C=O) groups excluding carboxylic acids is 1. The molecule has 3 nitrogen and oxygen atoms in total. The second kappa shape index (κ2) is 5.37. The molecule has 0 saturated carbocycles. The Kier molecular flexibility index (Phi) is 4.36. The molecular formula is C9H5Cl2F3N2O. The molecule has 17 heavy (non-hydrogen) atoms. The van der Waals surface area contributed by atoms with Crippen molar-refractivity contribution in [3.8, 4) is 0 Å². The largest absolute Gasteiger partial charge is 0.473 e. The van der Waals surface area contributed by atoms with Crippen LogP contribution in [0.2, 0.25) is 10.0 Å². The number of alkyl halides is 3. The highest BCUT2D eigenvalue weighted by molar-refractivity contribution is 6.43. The summed E-state index contributed by atoms with van der Waals surface area (Å²) in [5.74, 6) is -2.16. The van der Waals surface area contributed by atoms with Crippen molar-refractivity contribution in [3.63, 3.8) is 0 Å². The molecule has 0 aliphatic carbocycles. The number of nitrogens with zero attached hydrogens (tertiary/aromatic N) is 1. The van der Waals surface area contributed by atoms with Crippen LogP contribution >= 0.6 is 23.2 Å². The number of halogens is 5. The SMILES string of the molecule is O=C(N/N=C\c1cccc(Cl)c1Cl)C(F)(F)F. The van der Waals surface area contributed by atoms with Crippen LogP contribution in [0, 0.1) is 0 Å². The van der Waals surface area contributed by atoms with Crippen LogP contribution in [0.25, 0.3) is 0 Å². The molecule has 1 aromatic carbocycles. The lowest BCUT2D eigenvalue weighted by atomic mass is 10.2. The van der Waals surface area contributed by atoms with Gasteiger partial charge in [0, 0.05) is 5.56 Å². The first-order chi connectivity index (χ1) is 7.82. The van der Waals surface area contributed by atoms with E-state index in [9.17, 15) is 18.0 Å². The second-order valence-electron chi connectivity index (χ2n) is 2.84. The number of nitrogens with one attached hydrogen (secondary N) is 1. The summed E-state index contributed by atoms with van der Waals surface area (Å²) in [5.41, 5.74) is 1.61. The van der Waals surface area contributed by atoms with Gasteiger partial charge in [0.05, 0.1) is 16.3 Å². The molecule has 1 aromatic rings. The van der Waals surface area contributed by atoms with Crippen molar-refractivity contribution in [3.05, 3.63) is 33.8 Å². The smallest absolute Gasteiger partial charge is 0.263 e. The summed E-state index contributed by atoms with van der Waals surface area (Å²) in [4.78, 5) is 10.4. The molecule has 1 N–H and O–H groups in total. The van der Waals surface area contributed by atoms with Crippen molar-refractivity contribution in [2.24, 2.45) is 5.10 Å². The second-order valence-corrected chi connectivity index (χ2v) is 3.63. The van der Waals surface area contributed by atoms with E-state index in [2.05, 4.69) is 5.10 Å². The minimum atomic E-state index is -4.98. The molecule has 0 atom stereocenters. The normalized spacial score (nSPS) is 11.8. The predicted molar refractivity (Wildman–Crippen MR) is 58.3 cm³/mol. The molecule has 0 fully saturated rings. The summed E-state index contributed by atoms with van der Waals surface area (Å²) in [6.07, 6.45) is -4.01. The zero-order chi connectivity index (χ0) is 13.1.